The number of carbonyl (C=O) groups excluding carboxylic acids is 3. The van der Waals surface area contributed by atoms with Gasteiger partial charge in [-0.1, -0.05) is 0 Å². The fourth-order valence-corrected chi connectivity index (χ4v) is 1.25. The third-order valence-electron chi connectivity index (χ3n) is 1.96. The van der Waals surface area contributed by atoms with Crippen LogP contribution in [0.3, 0.4) is 0 Å². The SMILES string of the molecule is CC(=O)OCC(=O)OC(=O)N1CCCC1. The zero-order valence-corrected chi connectivity index (χ0v) is 8.52. The minimum absolute atomic E-state index is 0.519. The quantitative estimate of drug-likeness (QED) is 0.489. The highest BCUT2D eigenvalue weighted by molar-refractivity contribution is 5.86. The van der Waals surface area contributed by atoms with E-state index in [9.17, 15) is 14.4 Å². The van der Waals surface area contributed by atoms with Crippen LogP contribution in [0.2, 0.25) is 0 Å². The molecule has 0 spiro atoms. The van der Waals surface area contributed by atoms with E-state index in [-0.39, 0.29) is 0 Å². The Morgan fingerprint density at radius 2 is 1.80 bits per heavy atom. The first kappa shape index (κ1) is 11.5. The van der Waals surface area contributed by atoms with Gasteiger partial charge in [-0.05, 0) is 12.8 Å². The van der Waals surface area contributed by atoms with Crippen molar-refractivity contribution in [3.63, 3.8) is 0 Å². The second-order valence-corrected chi connectivity index (χ2v) is 3.21. The maximum Gasteiger partial charge on any atom is 0.417 e. The lowest BCUT2D eigenvalue weighted by Gasteiger charge is -2.13. The van der Waals surface area contributed by atoms with Crippen LogP contribution in [0, 0.1) is 0 Å². The monoisotopic (exact) mass is 215 g/mol. The molecule has 0 aromatic heterocycles. The van der Waals surface area contributed by atoms with Crippen LogP contribution >= 0.6 is 0 Å². The summed E-state index contributed by atoms with van der Waals surface area (Å²) < 4.78 is 8.84. The fraction of sp³-hybridized carbons (Fsp3) is 0.667. The van der Waals surface area contributed by atoms with Crippen LogP contribution < -0.4 is 0 Å². The third-order valence-corrected chi connectivity index (χ3v) is 1.96. The number of likely N-dealkylation sites (tertiary alicyclic amines) is 1. The van der Waals surface area contributed by atoms with Crippen molar-refractivity contribution in [2.24, 2.45) is 0 Å². The van der Waals surface area contributed by atoms with Crippen LogP contribution in [0.15, 0.2) is 0 Å². The molecular weight excluding hydrogens is 202 g/mol. The molecule has 0 radical (unpaired) electrons. The van der Waals surface area contributed by atoms with Crippen molar-refractivity contribution in [3.05, 3.63) is 0 Å². The van der Waals surface area contributed by atoms with Gasteiger partial charge in [0.25, 0.3) is 0 Å². The van der Waals surface area contributed by atoms with Crippen molar-refractivity contribution in [2.45, 2.75) is 19.8 Å². The summed E-state index contributed by atoms with van der Waals surface area (Å²) >= 11 is 0. The molecule has 1 heterocycles. The Bertz CT molecular complexity index is 270. The van der Waals surface area contributed by atoms with Crippen LogP contribution in [0.1, 0.15) is 19.8 Å². The van der Waals surface area contributed by atoms with E-state index in [2.05, 4.69) is 9.47 Å². The zero-order chi connectivity index (χ0) is 11.3. The normalized spacial score (nSPS) is 14.9. The number of nitrogens with zero attached hydrogens (tertiary/aromatic N) is 1. The molecule has 0 bridgehead atoms. The number of rotatable bonds is 2. The highest BCUT2D eigenvalue weighted by Crippen LogP contribution is 2.08. The van der Waals surface area contributed by atoms with Gasteiger partial charge in [-0.2, -0.15) is 0 Å². The predicted octanol–water partition coefficient (Wildman–Crippen LogP) is 0.308. The lowest BCUT2D eigenvalue weighted by atomic mass is 10.4. The molecule has 1 amide bonds. The maximum absolute atomic E-state index is 11.2. The van der Waals surface area contributed by atoms with E-state index in [0.717, 1.165) is 12.8 Å². The molecule has 0 aromatic rings. The van der Waals surface area contributed by atoms with Crippen LogP contribution in [0.5, 0.6) is 0 Å². The Labute approximate surface area is 87.1 Å². The molecule has 6 nitrogen and oxygen atoms in total. The number of hydrogen-bond donors (Lipinski definition) is 0. The zero-order valence-electron chi connectivity index (χ0n) is 8.52. The third kappa shape index (κ3) is 3.97. The number of carbonyl (C=O) groups is 3. The summed E-state index contributed by atoms with van der Waals surface area (Å²) in [5, 5.41) is 0. The molecule has 1 rings (SSSR count). The summed E-state index contributed by atoms with van der Waals surface area (Å²) in [6, 6.07) is 0. The highest BCUT2D eigenvalue weighted by atomic mass is 16.6. The molecule has 0 unspecified atom stereocenters. The molecule has 1 saturated heterocycles. The van der Waals surface area contributed by atoms with E-state index < -0.39 is 24.6 Å². The lowest BCUT2D eigenvalue weighted by molar-refractivity contribution is -0.154. The van der Waals surface area contributed by atoms with Gasteiger partial charge >= 0.3 is 18.0 Å². The molecule has 1 aliphatic rings. The average Bonchev–Trinajstić information content (AvgIpc) is 2.67. The van der Waals surface area contributed by atoms with Gasteiger partial charge in [0.2, 0.25) is 0 Å². The van der Waals surface area contributed by atoms with Gasteiger partial charge in [0.15, 0.2) is 6.61 Å². The fourth-order valence-electron chi connectivity index (χ4n) is 1.25. The average molecular weight is 215 g/mol. The van der Waals surface area contributed by atoms with Crippen molar-refractivity contribution in [3.8, 4) is 0 Å². The first-order valence-electron chi connectivity index (χ1n) is 4.72. The summed E-state index contributed by atoms with van der Waals surface area (Å²) in [6.45, 7) is 1.88. The van der Waals surface area contributed by atoms with Crippen LogP contribution in [-0.2, 0) is 19.1 Å². The first-order chi connectivity index (χ1) is 7.09. The van der Waals surface area contributed by atoms with E-state index in [1.807, 2.05) is 0 Å². The predicted molar refractivity (Wildman–Crippen MR) is 48.9 cm³/mol. The van der Waals surface area contributed by atoms with E-state index >= 15 is 0 Å². The molecule has 1 aliphatic heterocycles. The van der Waals surface area contributed by atoms with Gasteiger partial charge < -0.3 is 14.4 Å². The summed E-state index contributed by atoms with van der Waals surface area (Å²) in [6.07, 6.45) is 1.19. The van der Waals surface area contributed by atoms with Crippen molar-refractivity contribution in [1.82, 2.24) is 4.90 Å². The van der Waals surface area contributed by atoms with Gasteiger partial charge in [-0.15, -0.1) is 0 Å². The number of hydrogen-bond acceptors (Lipinski definition) is 5. The Hall–Kier alpha value is -1.59. The van der Waals surface area contributed by atoms with E-state index in [0.29, 0.717) is 13.1 Å². The summed E-state index contributed by atoms with van der Waals surface area (Å²) in [5.41, 5.74) is 0. The van der Waals surface area contributed by atoms with Gasteiger partial charge in [-0.25, -0.2) is 9.59 Å². The van der Waals surface area contributed by atoms with E-state index in [4.69, 9.17) is 0 Å². The van der Waals surface area contributed by atoms with Crippen molar-refractivity contribution >= 4 is 18.0 Å². The second-order valence-electron chi connectivity index (χ2n) is 3.21. The van der Waals surface area contributed by atoms with Crippen molar-refractivity contribution in [1.29, 1.82) is 0 Å². The summed E-state index contributed by atoms with van der Waals surface area (Å²) in [5.74, 6) is -1.43. The van der Waals surface area contributed by atoms with E-state index in [1.165, 1.54) is 11.8 Å². The number of esters is 2. The number of ether oxygens (including phenoxy) is 2. The largest absolute Gasteiger partial charge is 0.454 e. The highest BCUT2D eigenvalue weighted by Gasteiger charge is 2.22. The minimum Gasteiger partial charge on any atom is -0.454 e. The van der Waals surface area contributed by atoms with Crippen LogP contribution in [0.4, 0.5) is 4.79 Å². The Morgan fingerprint density at radius 3 is 2.33 bits per heavy atom. The molecule has 0 aromatic carbocycles. The maximum atomic E-state index is 11.2. The first-order valence-corrected chi connectivity index (χ1v) is 4.72. The standard InChI is InChI=1S/C9H13NO5/c1-7(11)14-6-8(12)15-9(13)10-4-2-3-5-10/h2-6H2,1H3. The Balaban J connectivity index is 2.24. The Morgan fingerprint density at radius 1 is 1.20 bits per heavy atom. The molecule has 0 aliphatic carbocycles. The lowest BCUT2D eigenvalue weighted by Crippen LogP contribution is -2.31. The minimum atomic E-state index is -0.845. The van der Waals surface area contributed by atoms with Gasteiger partial charge in [0.1, 0.15) is 0 Å². The second kappa shape index (κ2) is 5.33. The van der Waals surface area contributed by atoms with Gasteiger partial charge in [-0.3, -0.25) is 4.79 Å². The van der Waals surface area contributed by atoms with Crippen molar-refractivity contribution in [2.75, 3.05) is 19.7 Å². The van der Waals surface area contributed by atoms with Crippen LogP contribution in [0.25, 0.3) is 0 Å². The van der Waals surface area contributed by atoms with Crippen molar-refractivity contribution < 1.29 is 23.9 Å². The van der Waals surface area contributed by atoms with E-state index in [1.54, 1.807) is 0 Å². The Kier molecular flexibility index (Phi) is 4.08. The molecule has 0 N–H and O–H groups in total. The number of amides is 1. The van der Waals surface area contributed by atoms with Crippen LogP contribution in [-0.4, -0.2) is 42.6 Å². The summed E-state index contributed by atoms with van der Waals surface area (Å²) in [4.78, 5) is 34.0. The molecule has 0 saturated carbocycles. The molecule has 6 heteroatoms. The molecule has 84 valence electrons. The molecular formula is C9H13NO5. The molecule has 15 heavy (non-hydrogen) atoms. The summed E-state index contributed by atoms with van der Waals surface area (Å²) in [7, 11) is 0. The smallest absolute Gasteiger partial charge is 0.417 e. The van der Waals surface area contributed by atoms with Gasteiger partial charge in [0, 0.05) is 20.0 Å². The van der Waals surface area contributed by atoms with Gasteiger partial charge in [0.05, 0.1) is 0 Å². The molecule has 0 atom stereocenters. The molecule has 1 fully saturated rings. The topological polar surface area (TPSA) is 72.9 Å².